The fourth-order valence-corrected chi connectivity index (χ4v) is 3.81. The molecule has 2 amide bonds. The first kappa shape index (κ1) is 25.0. The molecule has 1 aliphatic heterocycles. The Morgan fingerprint density at radius 3 is 2.39 bits per heavy atom. The van der Waals surface area contributed by atoms with Gasteiger partial charge in [0.2, 0.25) is 11.8 Å². The molecule has 0 bridgehead atoms. The van der Waals surface area contributed by atoms with Crippen LogP contribution in [0.2, 0.25) is 0 Å². The molecule has 0 aromatic carbocycles. The molecule has 1 atom stereocenters. The molecule has 2 aliphatic rings. The van der Waals surface area contributed by atoms with E-state index in [9.17, 15) is 9.59 Å². The van der Waals surface area contributed by atoms with Crippen molar-refractivity contribution < 1.29 is 9.59 Å². The van der Waals surface area contributed by atoms with Crippen LogP contribution in [0.15, 0.2) is 4.99 Å². The zero-order valence-electron chi connectivity index (χ0n) is 17.8. The third-order valence-electron chi connectivity index (χ3n) is 5.03. The van der Waals surface area contributed by atoms with Crippen LogP contribution in [-0.2, 0) is 9.59 Å². The summed E-state index contributed by atoms with van der Waals surface area (Å²) in [5.41, 5.74) is -0.260. The van der Waals surface area contributed by atoms with Crippen molar-refractivity contribution in [1.82, 2.24) is 20.9 Å². The van der Waals surface area contributed by atoms with Crippen molar-refractivity contribution in [3.05, 3.63) is 0 Å². The number of likely N-dealkylation sites (tertiary alicyclic amines) is 1. The van der Waals surface area contributed by atoms with Crippen molar-refractivity contribution >= 4 is 41.8 Å². The van der Waals surface area contributed by atoms with Crippen LogP contribution < -0.4 is 16.0 Å². The summed E-state index contributed by atoms with van der Waals surface area (Å²) in [5, 5.41) is 9.49. The van der Waals surface area contributed by atoms with E-state index in [2.05, 4.69) is 20.9 Å². The second kappa shape index (κ2) is 11.8. The summed E-state index contributed by atoms with van der Waals surface area (Å²) in [6, 6.07) is 0.181. The number of guanidine groups is 1. The normalized spacial score (nSPS) is 21.1. The summed E-state index contributed by atoms with van der Waals surface area (Å²) in [5.74, 6) is 1.09. The molecule has 8 heteroatoms. The number of halogens is 1. The average Bonchev–Trinajstić information content (AvgIpc) is 3.07. The highest BCUT2D eigenvalue weighted by atomic mass is 127. The average molecular weight is 507 g/mol. The molecular weight excluding hydrogens is 469 g/mol. The Hall–Kier alpha value is -1.06. The van der Waals surface area contributed by atoms with E-state index in [1.807, 2.05) is 32.6 Å². The fourth-order valence-electron chi connectivity index (χ4n) is 3.81. The molecule has 1 heterocycles. The van der Waals surface area contributed by atoms with Crippen LogP contribution in [0.25, 0.3) is 0 Å². The van der Waals surface area contributed by atoms with Gasteiger partial charge in [-0.1, -0.05) is 19.3 Å². The van der Waals surface area contributed by atoms with Crippen molar-refractivity contribution in [2.45, 2.75) is 77.8 Å². The van der Waals surface area contributed by atoms with E-state index >= 15 is 0 Å². The summed E-state index contributed by atoms with van der Waals surface area (Å²) >= 11 is 0. The van der Waals surface area contributed by atoms with Gasteiger partial charge in [0, 0.05) is 37.1 Å². The molecule has 2 rings (SSSR count). The van der Waals surface area contributed by atoms with E-state index in [1.54, 1.807) is 0 Å². The van der Waals surface area contributed by atoms with Gasteiger partial charge in [-0.05, 0) is 47.0 Å². The number of nitrogens with zero attached hydrogens (tertiary/aromatic N) is 2. The van der Waals surface area contributed by atoms with Crippen molar-refractivity contribution in [1.29, 1.82) is 0 Å². The number of nitrogens with one attached hydrogen (secondary N) is 3. The van der Waals surface area contributed by atoms with Gasteiger partial charge in [-0.25, -0.2) is 4.99 Å². The Balaban J connectivity index is 0.00000392. The zero-order valence-corrected chi connectivity index (χ0v) is 20.2. The minimum absolute atomic E-state index is 0. The number of hydrogen-bond acceptors (Lipinski definition) is 3. The van der Waals surface area contributed by atoms with Crippen molar-refractivity contribution in [2.75, 3.05) is 26.2 Å². The Bertz CT molecular complexity index is 541. The SMILES string of the molecule is CCNC(=NCC(=O)NC(C)(C)C)NC1CCN(C(=O)C2CCCCC2)C1.I. The lowest BCUT2D eigenvalue weighted by atomic mass is 9.88. The van der Waals surface area contributed by atoms with Gasteiger partial charge < -0.3 is 20.9 Å². The van der Waals surface area contributed by atoms with Crippen molar-refractivity contribution in [2.24, 2.45) is 10.9 Å². The molecule has 0 aromatic rings. The maximum atomic E-state index is 12.7. The van der Waals surface area contributed by atoms with Gasteiger partial charge in [0.05, 0.1) is 0 Å². The topological polar surface area (TPSA) is 85.8 Å². The Labute approximate surface area is 186 Å². The monoisotopic (exact) mass is 507 g/mol. The fraction of sp³-hybridized carbons (Fsp3) is 0.850. The maximum absolute atomic E-state index is 12.7. The van der Waals surface area contributed by atoms with Crippen LogP contribution in [0.5, 0.6) is 0 Å². The quantitative estimate of drug-likeness (QED) is 0.303. The highest BCUT2D eigenvalue weighted by molar-refractivity contribution is 14.0. The predicted octanol–water partition coefficient (Wildman–Crippen LogP) is 2.26. The molecule has 0 radical (unpaired) electrons. The van der Waals surface area contributed by atoms with E-state index in [0.29, 0.717) is 18.4 Å². The number of carbonyl (C=O) groups is 2. The van der Waals surface area contributed by atoms with Gasteiger partial charge in [0.15, 0.2) is 5.96 Å². The molecule has 2 fully saturated rings. The van der Waals surface area contributed by atoms with Crippen LogP contribution in [0.3, 0.4) is 0 Å². The number of hydrogen-bond donors (Lipinski definition) is 3. The molecule has 3 N–H and O–H groups in total. The van der Waals surface area contributed by atoms with E-state index in [1.165, 1.54) is 19.3 Å². The van der Waals surface area contributed by atoms with Gasteiger partial charge >= 0.3 is 0 Å². The summed E-state index contributed by atoms with van der Waals surface area (Å²) in [7, 11) is 0. The lowest BCUT2D eigenvalue weighted by Gasteiger charge is -2.26. The first-order valence-corrected chi connectivity index (χ1v) is 10.4. The molecule has 7 nitrogen and oxygen atoms in total. The highest BCUT2D eigenvalue weighted by Crippen LogP contribution is 2.26. The van der Waals surface area contributed by atoms with E-state index < -0.39 is 0 Å². The third-order valence-corrected chi connectivity index (χ3v) is 5.03. The van der Waals surface area contributed by atoms with Crippen LogP contribution in [0.4, 0.5) is 0 Å². The summed E-state index contributed by atoms with van der Waals surface area (Å²) in [6.07, 6.45) is 6.62. The summed E-state index contributed by atoms with van der Waals surface area (Å²) in [6.45, 7) is 10.2. The van der Waals surface area contributed by atoms with E-state index in [-0.39, 0.29) is 53.9 Å². The minimum atomic E-state index is -0.260. The standard InChI is InChI=1S/C20H37N5O2.HI/c1-5-21-19(22-13-17(26)24-20(2,3)4)23-16-11-12-25(14-16)18(27)15-9-7-6-8-10-15;/h15-16H,5-14H2,1-4H3,(H,24,26)(H2,21,22,23);1H. The highest BCUT2D eigenvalue weighted by Gasteiger charge is 2.31. The lowest BCUT2D eigenvalue weighted by Crippen LogP contribution is -2.46. The molecule has 1 unspecified atom stereocenters. The van der Waals surface area contributed by atoms with Crippen LogP contribution in [-0.4, -0.2) is 60.4 Å². The van der Waals surface area contributed by atoms with Crippen molar-refractivity contribution in [3.8, 4) is 0 Å². The molecule has 1 saturated heterocycles. The molecule has 0 spiro atoms. The maximum Gasteiger partial charge on any atom is 0.242 e. The number of amides is 2. The largest absolute Gasteiger partial charge is 0.357 e. The predicted molar refractivity (Wildman–Crippen MR) is 124 cm³/mol. The second-order valence-corrected chi connectivity index (χ2v) is 8.74. The first-order chi connectivity index (χ1) is 12.8. The number of rotatable bonds is 5. The van der Waals surface area contributed by atoms with Gasteiger partial charge in [0.1, 0.15) is 6.54 Å². The Morgan fingerprint density at radius 1 is 1.11 bits per heavy atom. The molecule has 1 aliphatic carbocycles. The van der Waals surface area contributed by atoms with Crippen LogP contribution in [0.1, 0.15) is 66.2 Å². The van der Waals surface area contributed by atoms with Gasteiger partial charge in [-0.3, -0.25) is 9.59 Å². The minimum Gasteiger partial charge on any atom is -0.357 e. The van der Waals surface area contributed by atoms with Crippen LogP contribution >= 0.6 is 24.0 Å². The smallest absolute Gasteiger partial charge is 0.242 e. The molecule has 162 valence electrons. The Morgan fingerprint density at radius 2 is 1.79 bits per heavy atom. The summed E-state index contributed by atoms with van der Waals surface area (Å²) < 4.78 is 0. The van der Waals surface area contributed by atoms with E-state index in [4.69, 9.17) is 0 Å². The molecular formula is C20H38IN5O2. The molecule has 0 aromatic heterocycles. The van der Waals surface area contributed by atoms with Crippen LogP contribution in [0, 0.1) is 5.92 Å². The van der Waals surface area contributed by atoms with Gasteiger partial charge in [0.25, 0.3) is 0 Å². The van der Waals surface area contributed by atoms with Gasteiger partial charge in [-0.2, -0.15) is 0 Å². The lowest BCUT2D eigenvalue weighted by molar-refractivity contribution is -0.135. The van der Waals surface area contributed by atoms with E-state index in [0.717, 1.165) is 32.4 Å². The third kappa shape index (κ3) is 8.53. The molecule has 1 saturated carbocycles. The molecule has 28 heavy (non-hydrogen) atoms. The second-order valence-electron chi connectivity index (χ2n) is 8.74. The van der Waals surface area contributed by atoms with Gasteiger partial charge in [-0.15, -0.1) is 24.0 Å². The number of carbonyl (C=O) groups excluding carboxylic acids is 2. The zero-order chi connectivity index (χ0) is 19.9. The number of aliphatic imine (C=N–C) groups is 1. The Kier molecular flexibility index (Phi) is 10.5. The summed E-state index contributed by atoms with van der Waals surface area (Å²) in [4.78, 5) is 31.1. The van der Waals surface area contributed by atoms with Crippen molar-refractivity contribution in [3.63, 3.8) is 0 Å². The first-order valence-electron chi connectivity index (χ1n) is 10.4.